The first-order valence-electron chi connectivity index (χ1n) is 6.87. The predicted octanol–water partition coefficient (Wildman–Crippen LogP) is 4.13. The van der Waals surface area contributed by atoms with Gasteiger partial charge >= 0.3 is 0 Å². The Morgan fingerprint density at radius 1 is 1.18 bits per heavy atom. The fourth-order valence-electron chi connectivity index (χ4n) is 2.36. The largest absolute Gasteiger partial charge is 0.344 e. The van der Waals surface area contributed by atoms with Gasteiger partial charge in [0.05, 0.1) is 28.4 Å². The van der Waals surface area contributed by atoms with Crippen LogP contribution in [0.3, 0.4) is 0 Å². The SMILES string of the molecule is Cc1cccc2[nH]c(-c3ncsc3Nc3cccnc3)nc12. The zero-order valence-electron chi connectivity index (χ0n) is 11.9. The van der Waals surface area contributed by atoms with E-state index in [9.17, 15) is 0 Å². The van der Waals surface area contributed by atoms with E-state index in [1.165, 1.54) is 0 Å². The van der Waals surface area contributed by atoms with Crippen LogP contribution in [0.25, 0.3) is 22.6 Å². The van der Waals surface area contributed by atoms with Crippen molar-refractivity contribution in [2.24, 2.45) is 0 Å². The van der Waals surface area contributed by atoms with Crippen molar-refractivity contribution in [2.75, 3.05) is 5.32 Å². The van der Waals surface area contributed by atoms with E-state index in [1.54, 1.807) is 23.7 Å². The number of pyridine rings is 1. The average molecular weight is 307 g/mol. The van der Waals surface area contributed by atoms with Crippen molar-refractivity contribution < 1.29 is 0 Å². The van der Waals surface area contributed by atoms with E-state index in [1.807, 2.05) is 29.8 Å². The first-order chi connectivity index (χ1) is 10.8. The third-order valence-electron chi connectivity index (χ3n) is 3.43. The van der Waals surface area contributed by atoms with E-state index in [-0.39, 0.29) is 0 Å². The van der Waals surface area contributed by atoms with E-state index in [2.05, 4.69) is 38.2 Å². The third-order valence-corrected chi connectivity index (χ3v) is 4.17. The molecule has 0 radical (unpaired) electrons. The molecule has 6 heteroatoms. The third kappa shape index (κ3) is 2.23. The van der Waals surface area contributed by atoms with Crippen LogP contribution in [-0.4, -0.2) is 19.9 Å². The Kier molecular flexibility index (Phi) is 3.08. The fraction of sp³-hybridized carbons (Fsp3) is 0.0625. The van der Waals surface area contributed by atoms with E-state index in [0.29, 0.717) is 0 Å². The molecule has 0 aliphatic rings. The van der Waals surface area contributed by atoms with Crippen molar-refractivity contribution in [1.82, 2.24) is 19.9 Å². The maximum atomic E-state index is 4.69. The van der Waals surface area contributed by atoms with Crippen molar-refractivity contribution in [2.45, 2.75) is 6.92 Å². The van der Waals surface area contributed by atoms with Crippen molar-refractivity contribution in [3.8, 4) is 11.5 Å². The molecule has 108 valence electrons. The maximum Gasteiger partial charge on any atom is 0.160 e. The predicted molar refractivity (Wildman–Crippen MR) is 89.5 cm³/mol. The molecule has 0 amide bonds. The summed E-state index contributed by atoms with van der Waals surface area (Å²) in [5.74, 6) is 0.775. The van der Waals surface area contributed by atoms with Crippen LogP contribution in [-0.2, 0) is 0 Å². The molecule has 0 bridgehead atoms. The lowest BCUT2D eigenvalue weighted by Gasteiger charge is -2.03. The van der Waals surface area contributed by atoms with Crippen LogP contribution < -0.4 is 5.32 Å². The van der Waals surface area contributed by atoms with Gasteiger partial charge in [-0.15, -0.1) is 11.3 Å². The smallest absolute Gasteiger partial charge is 0.160 e. The second-order valence-electron chi connectivity index (χ2n) is 4.95. The highest BCUT2D eigenvalue weighted by molar-refractivity contribution is 7.14. The molecule has 0 saturated carbocycles. The molecule has 0 atom stereocenters. The molecule has 0 spiro atoms. The molecule has 0 aliphatic heterocycles. The van der Waals surface area contributed by atoms with Crippen LogP contribution in [0.5, 0.6) is 0 Å². The lowest BCUT2D eigenvalue weighted by atomic mass is 10.2. The number of hydrogen-bond donors (Lipinski definition) is 2. The maximum absolute atomic E-state index is 4.69. The number of aryl methyl sites for hydroxylation is 1. The van der Waals surface area contributed by atoms with Gasteiger partial charge in [0.25, 0.3) is 0 Å². The Morgan fingerprint density at radius 3 is 2.95 bits per heavy atom. The monoisotopic (exact) mass is 307 g/mol. The van der Waals surface area contributed by atoms with Gasteiger partial charge in [-0.1, -0.05) is 12.1 Å². The van der Waals surface area contributed by atoms with Crippen molar-refractivity contribution >= 4 is 33.1 Å². The van der Waals surface area contributed by atoms with Crippen molar-refractivity contribution in [3.63, 3.8) is 0 Å². The number of para-hydroxylation sites is 1. The van der Waals surface area contributed by atoms with Gasteiger partial charge in [0.2, 0.25) is 0 Å². The molecule has 5 nitrogen and oxygen atoms in total. The number of nitrogens with one attached hydrogen (secondary N) is 2. The van der Waals surface area contributed by atoms with Gasteiger partial charge in [-0.05, 0) is 30.7 Å². The minimum Gasteiger partial charge on any atom is -0.344 e. The molecule has 0 unspecified atom stereocenters. The molecule has 22 heavy (non-hydrogen) atoms. The lowest BCUT2D eigenvalue weighted by molar-refractivity contribution is 1.27. The summed E-state index contributed by atoms with van der Waals surface area (Å²) in [7, 11) is 0. The quantitative estimate of drug-likeness (QED) is 0.597. The highest BCUT2D eigenvalue weighted by Crippen LogP contribution is 2.32. The number of hydrogen-bond acceptors (Lipinski definition) is 5. The van der Waals surface area contributed by atoms with Gasteiger partial charge < -0.3 is 10.3 Å². The van der Waals surface area contributed by atoms with Gasteiger partial charge in [0, 0.05) is 6.20 Å². The number of imidazole rings is 1. The number of rotatable bonds is 3. The molecule has 3 aromatic heterocycles. The molecule has 4 aromatic rings. The van der Waals surface area contributed by atoms with E-state index in [4.69, 9.17) is 0 Å². The Balaban J connectivity index is 1.76. The number of benzene rings is 1. The standard InChI is InChI=1S/C16H13N5S/c1-10-4-2-6-12-13(10)21-15(20-12)14-16(22-9-18-14)19-11-5-3-7-17-8-11/h2-9,19H,1H3,(H,20,21). The minimum absolute atomic E-state index is 0.775. The van der Waals surface area contributed by atoms with Crippen LogP contribution in [0.2, 0.25) is 0 Å². The van der Waals surface area contributed by atoms with Gasteiger partial charge in [-0.25, -0.2) is 9.97 Å². The van der Waals surface area contributed by atoms with Gasteiger partial charge in [0.1, 0.15) is 10.7 Å². The average Bonchev–Trinajstić information content (AvgIpc) is 3.15. The highest BCUT2D eigenvalue weighted by atomic mass is 32.1. The fourth-order valence-corrected chi connectivity index (χ4v) is 3.06. The second kappa shape index (κ2) is 5.23. The number of thiazole rings is 1. The summed E-state index contributed by atoms with van der Waals surface area (Å²) in [4.78, 5) is 16.6. The van der Waals surface area contributed by atoms with Crippen LogP contribution >= 0.6 is 11.3 Å². The Morgan fingerprint density at radius 2 is 2.14 bits per heavy atom. The normalized spacial score (nSPS) is 11.0. The highest BCUT2D eigenvalue weighted by Gasteiger charge is 2.14. The second-order valence-corrected chi connectivity index (χ2v) is 5.81. The van der Waals surface area contributed by atoms with Crippen LogP contribution in [0.1, 0.15) is 5.56 Å². The van der Waals surface area contributed by atoms with Crippen LogP contribution in [0.4, 0.5) is 10.7 Å². The Hall–Kier alpha value is -2.73. The van der Waals surface area contributed by atoms with Gasteiger partial charge in [-0.3, -0.25) is 4.98 Å². The first-order valence-corrected chi connectivity index (χ1v) is 7.75. The van der Waals surface area contributed by atoms with Gasteiger partial charge in [0.15, 0.2) is 5.82 Å². The summed E-state index contributed by atoms with van der Waals surface area (Å²) < 4.78 is 0. The molecule has 4 rings (SSSR count). The number of aromatic nitrogens is 4. The molecule has 0 fully saturated rings. The number of H-pyrrole nitrogens is 1. The van der Waals surface area contributed by atoms with Gasteiger partial charge in [-0.2, -0.15) is 0 Å². The van der Waals surface area contributed by atoms with Crippen LogP contribution in [0.15, 0.2) is 48.2 Å². The molecule has 1 aromatic carbocycles. The summed E-state index contributed by atoms with van der Waals surface area (Å²) in [5, 5.41) is 4.29. The zero-order valence-corrected chi connectivity index (χ0v) is 12.7. The van der Waals surface area contributed by atoms with E-state index >= 15 is 0 Å². The Labute approximate surface area is 131 Å². The molecule has 0 aliphatic carbocycles. The molecular formula is C16H13N5S. The van der Waals surface area contributed by atoms with Crippen molar-refractivity contribution in [1.29, 1.82) is 0 Å². The molecule has 3 heterocycles. The summed E-state index contributed by atoms with van der Waals surface area (Å²) in [5.41, 5.74) is 6.73. The number of anilines is 2. The Bertz CT molecular complexity index is 926. The van der Waals surface area contributed by atoms with E-state index in [0.717, 1.165) is 38.8 Å². The minimum atomic E-state index is 0.775. The summed E-state index contributed by atoms with van der Waals surface area (Å²) in [6.45, 7) is 2.06. The molecular weight excluding hydrogens is 294 g/mol. The summed E-state index contributed by atoms with van der Waals surface area (Å²) in [6, 6.07) is 9.98. The number of nitrogens with zero attached hydrogens (tertiary/aromatic N) is 3. The summed E-state index contributed by atoms with van der Waals surface area (Å²) in [6.07, 6.45) is 3.53. The lowest BCUT2D eigenvalue weighted by Crippen LogP contribution is -1.91. The number of fused-ring (bicyclic) bond motifs is 1. The van der Waals surface area contributed by atoms with Crippen molar-refractivity contribution in [3.05, 3.63) is 53.8 Å². The van der Waals surface area contributed by atoms with Crippen LogP contribution in [0, 0.1) is 6.92 Å². The molecule has 2 N–H and O–H groups in total. The van der Waals surface area contributed by atoms with E-state index < -0.39 is 0 Å². The summed E-state index contributed by atoms with van der Waals surface area (Å²) >= 11 is 1.54. The topological polar surface area (TPSA) is 66.5 Å². The molecule has 0 saturated heterocycles. The first kappa shape index (κ1) is 13.0. The zero-order chi connectivity index (χ0) is 14.9. The number of aromatic amines is 1.